The average molecular weight is 403 g/mol. The molecule has 3 aliphatic rings. The molecule has 6 nitrogen and oxygen atoms in total. The van der Waals surface area contributed by atoms with Crippen molar-refractivity contribution in [2.45, 2.75) is 56.6 Å². The molecule has 3 fully saturated rings. The Morgan fingerprint density at radius 2 is 1.83 bits per heavy atom. The van der Waals surface area contributed by atoms with Crippen LogP contribution in [0.15, 0.2) is 24.3 Å². The van der Waals surface area contributed by atoms with E-state index in [1.807, 2.05) is 24.3 Å². The van der Waals surface area contributed by atoms with Crippen molar-refractivity contribution in [3.63, 3.8) is 0 Å². The van der Waals surface area contributed by atoms with Crippen LogP contribution in [0.25, 0.3) is 0 Å². The van der Waals surface area contributed by atoms with E-state index in [4.69, 9.17) is 14.2 Å². The van der Waals surface area contributed by atoms with Crippen molar-refractivity contribution in [1.29, 1.82) is 0 Å². The zero-order chi connectivity index (χ0) is 19.9. The van der Waals surface area contributed by atoms with Crippen LogP contribution in [0.5, 0.6) is 5.75 Å². The number of morpholine rings is 1. The van der Waals surface area contributed by atoms with Crippen LogP contribution < -0.4 is 10.1 Å². The molecule has 1 amide bonds. The number of rotatable bonds is 7. The van der Waals surface area contributed by atoms with Crippen molar-refractivity contribution in [2.75, 3.05) is 46.1 Å². The number of nitrogens with zero attached hydrogens (tertiary/aromatic N) is 1. The molecule has 1 atom stereocenters. The van der Waals surface area contributed by atoms with Crippen molar-refractivity contribution in [3.05, 3.63) is 29.8 Å². The number of nitrogens with one attached hydrogen (secondary N) is 1. The van der Waals surface area contributed by atoms with Crippen LogP contribution >= 0.6 is 0 Å². The molecule has 6 heteroatoms. The molecule has 1 unspecified atom stereocenters. The SMILES string of the molecule is O=C(NCC1(N2CCOCC2)CCCCC1)c1ccc(OCC2CCCO2)cc1. The fourth-order valence-corrected chi connectivity index (χ4v) is 4.87. The van der Waals surface area contributed by atoms with Gasteiger partial charge in [-0.1, -0.05) is 19.3 Å². The van der Waals surface area contributed by atoms with Crippen LogP contribution in [-0.2, 0) is 9.47 Å². The van der Waals surface area contributed by atoms with Crippen LogP contribution in [-0.4, -0.2) is 68.5 Å². The monoisotopic (exact) mass is 402 g/mol. The first-order valence-corrected chi connectivity index (χ1v) is 11.2. The number of benzene rings is 1. The number of hydrogen-bond acceptors (Lipinski definition) is 5. The number of ether oxygens (including phenoxy) is 3. The summed E-state index contributed by atoms with van der Waals surface area (Å²) in [6.45, 7) is 5.64. The van der Waals surface area contributed by atoms with Crippen LogP contribution in [0.1, 0.15) is 55.3 Å². The van der Waals surface area contributed by atoms with Crippen LogP contribution in [0.3, 0.4) is 0 Å². The van der Waals surface area contributed by atoms with Crippen molar-refractivity contribution < 1.29 is 19.0 Å². The Hall–Kier alpha value is -1.63. The molecule has 2 heterocycles. The number of carbonyl (C=O) groups is 1. The third-order valence-corrected chi connectivity index (χ3v) is 6.62. The standard InChI is InChI=1S/C23H34N2O4/c26-22(19-6-8-20(9-7-19)29-17-21-5-4-14-28-21)24-18-23(10-2-1-3-11-23)25-12-15-27-16-13-25/h6-9,21H,1-5,10-18H2,(H,24,26). The lowest BCUT2D eigenvalue weighted by atomic mass is 9.79. The lowest BCUT2D eigenvalue weighted by Crippen LogP contribution is -2.59. The maximum Gasteiger partial charge on any atom is 0.251 e. The molecule has 1 aliphatic carbocycles. The van der Waals surface area contributed by atoms with Gasteiger partial charge in [-0.25, -0.2) is 0 Å². The van der Waals surface area contributed by atoms with Crippen LogP contribution in [0.4, 0.5) is 0 Å². The van der Waals surface area contributed by atoms with Crippen LogP contribution in [0.2, 0.25) is 0 Å². The Labute approximate surface area is 173 Å². The van der Waals surface area contributed by atoms with Crippen LogP contribution in [0, 0.1) is 0 Å². The number of carbonyl (C=O) groups excluding carboxylic acids is 1. The highest BCUT2D eigenvalue weighted by atomic mass is 16.5. The van der Waals surface area contributed by atoms with Gasteiger partial charge in [0.15, 0.2) is 0 Å². The quantitative estimate of drug-likeness (QED) is 0.760. The van der Waals surface area contributed by atoms with Gasteiger partial charge in [-0.15, -0.1) is 0 Å². The lowest BCUT2D eigenvalue weighted by molar-refractivity contribution is -0.0361. The zero-order valence-electron chi connectivity index (χ0n) is 17.4. The molecule has 2 aliphatic heterocycles. The van der Waals surface area contributed by atoms with Gasteiger partial charge in [-0.3, -0.25) is 9.69 Å². The summed E-state index contributed by atoms with van der Waals surface area (Å²) in [7, 11) is 0. The Bertz CT molecular complexity index is 645. The maximum absolute atomic E-state index is 12.8. The van der Waals surface area contributed by atoms with Crippen molar-refractivity contribution in [1.82, 2.24) is 10.2 Å². The Morgan fingerprint density at radius 3 is 2.52 bits per heavy atom. The van der Waals surface area contributed by atoms with E-state index in [-0.39, 0.29) is 17.6 Å². The molecule has 0 spiro atoms. The second-order valence-electron chi connectivity index (χ2n) is 8.54. The number of hydrogen-bond donors (Lipinski definition) is 1. The molecule has 0 radical (unpaired) electrons. The molecule has 4 rings (SSSR count). The first-order chi connectivity index (χ1) is 14.3. The molecular weight excluding hydrogens is 368 g/mol. The molecule has 0 bridgehead atoms. The lowest BCUT2D eigenvalue weighted by Gasteiger charge is -2.48. The molecule has 1 saturated carbocycles. The molecule has 2 saturated heterocycles. The summed E-state index contributed by atoms with van der Waals surface area (Å²) >= 11 is 0. The molecule has 0 aromatic heterocycles. The van der Waals surface area contributed by atoms with Gasteiger partial charge in [-0.2, -0.15) is 0 Å². The predicted molar refractivity (Wildman–Crippen MR) is 111 cm³/mol. The molecule has 1 aromatic carbocycles. The van der Waals surface area contributed by atoms with E-state index in [1.54, 1.807) is 0 Å². The summed E-state index contributed by atoms with van der Waals surface area (Å²) in [5.74, 6) is 0.781. The summed E-state index contributed by atoms with van der Waals surface area (Å²) in [6, 6.07) is 7.45. The van der Waals surface area contributed by atoms with E-state index < -0.39 is 0 Å². The van der Waals surface area contributed by atoms with Gasteiger partial charge in [0.05, 0.1) is 19.3 Å². The molecular formula is C23H34N2O4. The van der Waals surface area contributed by atoms with Gasteiger partial charge < -0.3 is 19.5 Å². The summed E-state index contributed by atoms with van der Waals surface area (Å²) in [4.78, 5) is 15.3. The normalized spacial score (nSPS) is 24.9. The van der Waals surface area contributed by atoms with E-state index in [9.17, 15) is 4.79 Å². The summed E-state index contributed by atoms with van der Waals surface area (Å²) in [5.41, 5.74) is 0.768. The molecule has 1 N–H and O–H groups in total. The highest BCUT2D eigenvalue weighted by molar-refractivity contribution is 5.94. The Balaban J connectivity index is 1.31. The zero-order valence-corrected chi connectivity index (χ0v) is 17.4. The third-order valence-electron chi connectivity index (χ3n) is 6.62. The van der Waals surface area contributed by atoms with E-state index in [0.717, 1.165) is 64.3 Å². The molecule has 160 valence electrons. The predicted octanol–water partition coefficient (Wildman–Crippen LogP) is 3.01. The minimum atomic E-state index is -0.00566. The fourth-order valence-electron chi connectivity index (χ4n) is 4.87. The highest BCUT2D eigenvalue weighted by Gasteiger charge is 2.38. The first-order valence-electron chi connectivity index (χ1n) is 11.2. The van der Waals surface area contributed by atoms with Crippen molar-refractivity contribution >= 4 is 5.91 Å². The summed E-state index contributed by atoms with van der Waals surface area (Å²) in [6.07, 6.45) is 8.46. The third kappa shape index (κ3) is 5.30. The molecule has 1 aromatic rings. The smallest absolute Gasteiger partial charge is 0.251 e. The molecule has 29 heavy (non-hydrogen) atoms. The summed E-state index contributed by atoms with van der Waals surface area (Å²) in [5, 5.41) is 3.22. The van der Waals surface area contributed by atoms with E-state index in [1.165, 1.54) is 19.3 Å². The Kier molecular flexibility index (Phi) is 7.06. The van der Waals surface area contributed by atoms with Crippen molar-refractivity contribution in [3.8, 4) is 5.75 Å². The summed E-state index contributed by atoms with van der Waals surface area (Å²) < 4.78 is 16.9. The minimum Gasteiger partial charge on any atom is -0.491 e. The second-order valence-corrected chi connectivity index (χ2v) is 8.54. The van der Waals surface area contributed by atoms with Gasteiger partial charge >= 0.3 is 0 Å². The minimum absolute atomic E-state index is 0.00566. The van der Waals surface area contributed by atoms with E-state index in [0.29, 0.717) is 18.7 Å². The average Bonchev–Trinajstić information content (AvgIpc) is 3.31. The van der Waals surface area contributed by atoms with E-state index in [2.05, 4.69) is 10.2 Å². The topological polar surface area (TPSA) is 60.0 Å². The maximum atomic E-state index is 12.8. The van der Waals surface area contributed by atoms with Gasteiger partial charge in [0.2, 0.25) is 0 Å². The second kappa shape index (κ2) is 9.92. The van der Waals surface area contributed by atoms with Gasteiger partial charge in [0.1, 0.15) is 12.4 Å². The van der Waals surface area contributed by atoms with Crippen molar-refractivity contribution in [2.24, 2.45) is 0 Å². The van der Waals surface area contributed by atoms with Gasteiger partial charge in [-0.05, 0) is 49.9 Å². The largest absolute Gasteiger partial charge is 0.491 e. The highest BCUT2D eigenvalue weighted by Crippen LogP contribution is 2.34. The van der Waals surface area contributed by atoms with E-state index >= 15 is 0 Å². The fraction of sp³-hybridized carbons (Fsp3) is 0.696. The number of amides is 1. The van der Waals surface area contributed by atoms with Gasteiger partial charge in [0, 0.05) is 37.3 Å². The first kappa shape index (κ1) is 20.6. The Morgan fingerprint density at radius 1 is 1.07 bits per heavy atom. The van der Waals surface area contributed by atoms with Gasteiger partial charge in [0.25, 0.3) is 5.91 Å².